The molecule has 1 heterocycles. The highest BCUT2D eigenvalue weighted by molar-refractivity contribution is 4.83. The van der Waals surface area contributed by atoms with Gasteiger partial charge in [-0.15, -0.1) is 0 Å². The van der Waals surface area contributed by atoms with Crippen molar-refractivity contribution >= 4 is 0 Å². The molecule has 0 aliphatic heterocycles. The molecule has 1 atom stereocenters. The van der Waals surface area contributed by atoms with Crippen LogP contribution < -0.4 is 4.57 Å². The molecule has 0 amide bonds. The monoisotopic (exact) mass is 392 g/mol. The third kappa shape index (κ3) is 15.0. The van der Waals surface area contributed by atoms with Gasteiger partial charge in [0.15, 0.2) is 18.9 Å². The number of hydrogen-bond acceptors (Lipinski definition) is 2. The third-order valence-corrected chi connectivity index (χ3v) is 5.47. The first-order chi connectivity index (χ1) is 13.9. The van der Waals surface area contributed by atoms with Crippen LogP contribution in [0.15, 0.2) is 30.6 Å². The van der Waals surface area contributed by atoms with Gasteiger partial charge in [-0.1, -0.05) is 96.5 Å². The number of aromatic nitrogens is 1. The molecule has 0 spiro atoms. The molecule has 1 aromatic rings. The summed E-state index contributed by atoms with van der Waals surface area (Å²) < 4.78 is 13.5. The maximum atomic E-state index is 5.83. The SMILES string of the molecule is CCCCCCCCCCCCCCCCOCC(C[n+]1ccccc1)OC. The van der Waals surface area contributed by atoms with Gasteiger partial charge in [0.1, 0.15) is 6.10 Å². The van der Waals surface area contributed by atoms with Crippen molar-refractivity contribution in [2.24, 2.45) is 0 Å². The first-order valence-corrected chi connectivity index (χ1v) is 11.9. The Bertz CT molecular complexity index is 424. The van der Waals surface area contributed by atoms with E-state index < -0.39 is 0 Å². The predicted octanol–water partition coefficient (Wildman–Crippen LogP) is 6.49. The number of nitrogens with zero attached hydrogens (tertiary/aromatic N) is 1. The van der Waals surface area contributed by atoms with Crippen molar-refractivity contribution in [3.8, 4) is 0 Å². The summed E-state index contributed by atoms with van der Waals surface area (Å²) in [5, 5.41) is 0. The van der Waals surface area contributed by atoms with Crippen LogP contribution in [0.25, 0.3) is 0 Å². The van der Waals surface area contributed by atoms with E-state index in [4.69, 9.17) is 9.47 Å². The van der Waals surface area contributed by atoms with E-state index in [9.17, 15) is 0 Å². The molecule has 0 N–H and O–H groups in total. The lowest BCUT2D eigenvalue weighted by Gasteiger charge is -2.12. The van der Waals surface area contributed by atoms with Crippen LogP contribution in [-0.2, 0) is 16.0 Å². The standard InChI is InChI=1S/C25H46NO2/c1-3-4-5-6-7-8-9-10-11-12-13-14-15-19-22-28-24-25(27-2)23-26-20-17-16-18-21-26/h16-18,20-21,25H,3-15,19,22-24H2,1-2H3/q+1. The smallest absolute Gasteiger partial charge is 0.176 e. The lowest BCUT2D eigenvalue weighted by Crippen LogP contribution is -2.41. The predicted molar refractivity (Wildman–Crippen MR) is 119 cm³/mol. The second kappa shape index (κ2) is 19.4. The van der Waals surface area contributed by atoms with Crippen molar-refractivity contribution in [1.29, 1.82) is 0 Å². The first-order valence-electron chi connectivity index (χ1n) is 11.9. The summed E-state index contributed by atoms with van der Waals surface area (Å²) in [6, 6.07) is 6.12. The molecule has 1 unspecified atom stereocenters. The van der Waals surface area contributed by atoms with E-state index in [2.05, 4.69) is 23.9 Å². The number of methoxy groups -OCH3 is 1. The molecular weight excluding hydrogens is 346 g/mol. The van der Waals surface area contributed by atoms with Gasteiger partial charge in [-0.05, 0) is 6.42 Å². The molecule has 1 aromatic heterocycles. The highest BCUT2D eigenvalue weighted by Crippen LogP contribution is 2.13. The minimum atomic E-state index is 0.124. The van der Waals surface area contributed by atoms with Crippen LogP contribution in [0.2, 0.25) is 0 Å². The van der Waals surface area contributed by atoms with Crippen LogP contribution in [0.1, 0.15) is 96.8 Å². The van der Waals surface area contributed by atoms with E-state index in [0.29, 0.717) is 6.61 Å². The Balaban J connectivity index is 1.81. The van der Waals surface area contributed by atoms with Crippen LogP contribution in [0.4, 0.5) is 0 Å². The van der Waals surface area contributed by atoms with E-state index in [1.54, 1.807) is 7.11 Å². The largest absolute Gasteiger partial charge is 0.378 e. The molecule has 0 aliphatic carbocycles. The van der Waals surface area contributed by atoms with Gasteiger partial charge in [0.25, 0.3) is 0 Å². The lowest BCUT2D eigenvalue weighted by molar-refractivity contribution is -0.704. The second-order valence-corrected chi connectivity index (χ2v) is 8.10. The van der Waals surface area contributed by atoms with E-state index in [0.717, 1.165) is 13.2 Å². The van der Waals surface area contributed by atoms with Crippen LogP contribution >= 0.6 is 0 Å². The second-order valence-electron chi connectivity index (χ2n) is 8.10. The minimum absolute atomic E-state index is 0.124. The number of rotatable bonds is 20. The van der Waals surface area contributed by atoms with Gasteiger partial charge in [-0.3, -0.25) is 0 Å². The Morgan fingerprint density at radius 1 is 0.679 bits per heavy atom. The topological polar surface area (TPSA) is 22.3 Å². The molecule has 0 aliphatic rings. The summed E-state index contributed by atoms with van der Waals surface area (Å²) in [5.74, 6) is 0. The van der Waals surface area contributed by atoms with Crippen molar-refractivity contribution < 1.29 is 14.0 Å². The van der Waals surface area contributed by atoms with Crippen molar-refractivity contribution in [2.75, 3.05) is 20.3 Å². The van der Waals surface area contributed by atoms with Gasteiger partial charge < -0.3 is 9.47 Å². The summed E-state index contributed by atoms with van der Waals surface area (Å²) in [6.45, 7) is 4.67. The van der Waals surface area contributed by atoms with Crippen LogP contribution in [0.3, 0.4) is 0 Å². The van der Waals surface area contributed by atoms with Crippen molar-refractivity contribution in [3.05, 3.63) is 30.6 Å². The Morgan fingerprint density at radius 3 is 1.68 bits per heavy atom. The molecule has 0 fully saturated rings. The third-order valence-electron chi connectivity index (χ3n) is 5.47. The fourth-order valence-corrected chi connectivity index (χ4v) is 3.60. The molecule has 1 rings (SSSR count). The summed E-state index contributed by atoms with van der Waals surface area (Å²) in [5.41, 5.74) is 0. The molecule has 3 nitrogen and oxygen atoms in total. The van der Waals surface area contributed by atoms with Crippen molar-refractivity contribution in [1.82, 2.24) is 0 Å². The molecule has 0 bridgehead atoms. The fourth-order valence-electron chi connectivity index (χ4n) is 3.60. The van der Waals surface area contributed by atoms with Crippen molar-refractivity contribution in [3.63, 3.8) is 0 Å². The summed E-state index contributed by atoms with van der Waals surface area (Å²) in [4.78, 5) is 0. The minimum Gasteiger partial charge on any atom is -0.378 e. The van der Waals surface area contributed by atoms with Crippen LogP contribution in [0.5, 0.6) is 0 Å². The molecule has 0 aromatic carbocycles. The highest BCUT2D eigenvalue weighted by Gasteiger charge is 2.13. The zero-order valence-corrected chi connectivity index (χ0v) is 18.7. The Hall–Kier alpha value is -0.930. The molecule has 0 radical (unpaired) electrons. The summed E-state index contributed by atoms with van der Waals surface area (Å²) in [6.07, 6.45) is 23.8. The zero-order valence-electron chi connectivity index (χ0n) is 18.7. The molecular formula is C25H46NO2+. The van der Waals surface area contributed by atoms with Gasteiger partial charge in [0.2, 0.25) is 0 Å². The zero-order chi connectivity index (χ0) is 20.1. The number of pyridine rings is 1. The van der Waals surface area contributed by atoms with Gasteiger partial charge in [0, 0.05) is 25.8 Å². The van der Waals surface area contributed by atoms with Gasteiger partial charge >= 0.3 is 0 Å². The van der Waals surface area contributed by atoms with Crippen LogP contribution in [0, 0.1) is 0 Å². The average Bonchev–Trinajstić information content (AvgIpc) is 2.73. The Labute approximate surface area is 174 Å². The van der Waals surface area contributed by atoms with Crippen LogP contribution in [-0.4, -0.2) is 26.4 Å². The van der Waals surface area contributed by atoms with Gasteiger partial charge in [-0.2, -0.15) is 0 Å². The van der Waals surface area contributed by atoms with E-state index in [1.165, 1.54) is 89.9 Å². The quantitative estimate of drug-likeness (QED) is 0.187. The number of hydrogen-bond donors (Lipinski definition) is 0. The summed E-state index contributed by atoms with van der Waals surface area (Å²) in [7, 11) is 1.77. The lowest BCUT2D eigenvalue weighted by atomic mass is 10.0. The van der Waals surface area contributed by atoms with E-state index in [1.807, 2.05) is 18.2 Å². The summed E-state index contributed by atoms with van der Waals surface area (Å²) >= 11 is 0. The Morgan fingerprint density at radius 2 is 1.18 bits per heavy atom. The molecule has 0 saturated heterocycles. The highest BCUT2D eigenvalue weighted by atomic mass is 16.5. The van der Waals surface area contributed by atoms with E-state index in [-0.39, 0.29) is 6.10 Å². The van der Waals surface area contributed by atoms with Gasteiger partial charge in [0.05, 0.1) is 6.61 Å². The normalized spacial score (nSPS) is 12.4. The number of unbranched alkanes of at least 4 members (excludes halogenated alkanes) is 13. The van der Waals surface area contributed by atoms with Gasteiger partial charge in [-0.25, -0.2) is 4.57 Å². The average molecular weight is 393 g/mol. The maximum absolute atomic E-state index is 5.83. The fraction of sp³-hybridized carbons (Fsp3) is 0.800. The molecule has 28 heavy (non-hydrogen) atoms. The molecule has 3 heteroatoms. The molecule has 162 valence electrons. The van der Waals surface area contributed by atoms with Crippen molar-refractivity contribution in [2.45, 2.75) is 109 Å². The number of ether oxygens (including phenoxy) is 2. The first kappa shape index (κ1) is 25.1. The van der Waals surface area contributed by atoms with E-state index >= 15 is 0 Å². The molecule has 0 saturated carbocycles. The Kier molecular flexibility index (Phi) is 17.4. The maximum Gasteiger partial charge on any atom is 0.176 e.